The molecule has 9 heteroatoms. The van der Waals surface area contributed by atoms with Gasteiger partial charge in [-0.2, -0.15) is 0 Å². The standard InChI is InChI=1S/C15H7Cl3FNO3S/c16-7-1-8(17)3-9(2-7)24(22,23)14-6-20-13-5-11(18)12(19)4-10(13)15(14)21/h1-6H,(H,20,21). The summed E-state index contributed by atoms with van der Waals surface area (Å²) in [5, 5.41) is -0.103. The highest BCUT2D eigenvalue weighted by atomic mass is 35.5. The van der Waals surface area contributed by atoms with E-state index >= 15 is 0 Å². The van der Waals surface area contributed by atoms with E-state index in [9.17, 15) is 17.6 Å². The molecule has 3 aromatic rings. The van der Waals surface area contributed by atoms with E-state index in [4.69, 9.17) is 34.8 Å². The monoisotopic (exact) mass is 405 g/mol. The molecule has 124 valence electrons. The average molecular weight is 407 g/mol. The van der Waals surface area contributed by atoms with Crippen molar-refractivity contribution in [3.05, 3.63) is 67.6 Å². The number of rotatable bonds is 2. The molecule has 3 rings (SSSR count). The van der Waals surface area contributed by atoms with Crippen molar-refractivity contribution >= 4 is 55.5 Å². The summed E-state index contributed by atoms with van der Waals surface area (Å²) < 4.78 is 39.0. The Balaban J connectivity index is 2.31. The van der Waals surface area contributed by atoms with Crippen molar-refractivity contribution in [3.8, 4) is 0 Å². The van der Waals surface area contributed by atoms with Crippen LogP contribution in [0.25, 0.3) is 10.9 Å². The van der Waals surface area contributed by atoms with Crippen molar-refractivity contribution in [2.24, 2.45) is 0 Å². The number of hydrogen-bond donors (Lipinski definition) is 1. The normalized spacial score (nSPS) is 11.8. The molecular formula is C15H7Cl3FNO3S. The first kappa shape index (κ1) is 17.2. The smallest absolute Gasteiger partial charge is 0.212 e. The molecule has 0 fully saturated rings. The number of benzene rings is 2. The van der Waals surface area contributed by atoms with Crippen LogP contribution in [0.2, 0.25) is 15.1 Å². The van der Waals surface area contributed by atoms with Gasteiger partial charge in [-0.25, -0.2) is 12.8 Å². The first-order valence-corrected chi connectivity index (χ1v) is 9.03. The van der Waals surface area contributed by atoms with Crippen molar-refractivity contribution in [2.75, 3.05) is 0 Å². The van der Waals surface area contributed by atoms with E-state index in [1.165, 1.54) is 24.3 Å². The minimum absolute atomic E-state index is 0.108. The Morgan fingerprint density at radius 1 is 0.958 bits per heavy atom. The maximum Gasteiger partial charge on any atom is 0.212 e. The van der Waals surface area contributed by atoms with E-state index in [2.05, 4.69) is 4.98 Å². The number of halogens is 4. The second-order valence-corrected chi connectivity index (χ2v) is 8.10. The third kappa shape index (κ3) is 2.91. The van der Waals surface area contributed by atoms with Gasteiger partial charge < -0.3 is 4.98 Å². The summed E-state index contributed by atoms with van der Waals surface area (Å²) in [5.74, 6) is -0.824. The Bertz CT molecular complexity index is 1120. The molecule has 0 unspecified atom stereocenters. The van der Waals surface area contributed by atoms with Gasteiger partial charge in [-0.3, -0.25) is 4.79 Å². The molecule has 0 radical (unpaired) electrons. The summed E-state index contributed by atoms with van der Waals surface area (Å²) in [6, 6.07) is 5.81. The lowest BCUT2D eigenvalue weighted by atomic mass is 10.2. The Morgan fingerprint density at radius 3 is 2.21 bits per heavy atom. The molecule has 1 aromatic heterocycles. The molecular weight excluding hydrogens is 400 g/mol. The summed E-state index contributed by atoms with van der Waals surface area (Å²) in [6.07, 6.45) is 1.03. The summed E-state index contributed by atoms with van der Waals surface area (Å²) in [4.78, 5) is 14.4. The van der Waals surface area contributed by atoms with Crippen LogP contribution in [-0.2, 0) is 9.84 Å². The number of hydrogen-bond acceptors (Lipinski definition) is 3. The van der Waals surface area contributed by atoms with Crippen molar-refractivity contribution in [1.82, 2.24) is 4.98 Å². The third-order valence-electron chi connectivity index (χ3n) is 3.32. The molecule has 1 N–H and O–H groups in total. The molecule has 0 saturated carbocycles. The highest BCUT2D eigenvalue weighted by Gasteiger charge is 2.24. The third-order valence-corrected chi connectivity index (χ3v) is 5.79. The highest BCUT2D eigenvalue weighted by Crippen LogP contribution is 2.27. The maximum absolute atomic E-state index is 13.6. The fourth-order valence-corrected chi connectivity index (χ4v) is 4.41. The van der Waals surface area contributed by atoms with Crippen LogP contribution in [0.15, 0.2) is 51.1 Å². The number of nitrogens with one attached hydrogen (secondary N) is 1. The van der Waals surface area contributed by atoms with Crippen LogP contribution >= 0.6 is 34.8 Å². The molecule has 0 saturated heterocycles. The molecule has 0 atom stereocenters. The SMILES string of the molecule is O=c1c(S(=O)(=O)c2cc(Cl)cc(Cl)c2)c[nH]c2cc(Cl)c(F)cc12. The average Bonchev–Trinajstić information content (AvgIpc) is 2.48. The second-order valence-electron chi connectivity index (χ2n) is 4.90. The van der Waals surface area contributed by atoms with E-state index in [1.54, 1.807) is 0 Å². The summed E-state index contributed by atoms with van der Waals surface area (Å²) >= 11 is 17.3. The molecule has 24 heavy (non-hydrogen) atoms. The number of H-pyrrole nitrogens is 1. The quantitative estimate of drug-likeness (QED) is 0.683. The first-order chi connectivity index (χ1) is 11.2. The van der Waals surface area contributed by atoms with Crippen molar-refractivity contribution in [1.29, 1.82) is 0 Å². The van der Waals surface area contributed by atoms with Gasteiger partial charge in [0.25, 0.3) is 0 Å². The van der Waals surface area contributed by atoms with E-state index < -0.39 is 26.0 Å². The predicted octanol–water partition coefficient (Wildman–Crippen LogP) is 4.46. The van der Waals surface area contributed by atoms with E-state index in [-0.39, 0.29) is 30.9 Å². The molecule has 2 aromatic carbocycles. The molecule has 0 spiro atoms. The number of pyridine rings is 1. The zero-order valence-corrected chi connectivity index (χ0v) is 14.7. The fraction of sp³-hybridized carbons (Fsp3) is 0. The minimum Gasteiger partial charge on any atom is -0.360 e. The molecule has 0 aliphatic carbocycles. The van der Waals surface area contributed by atoms with Gasteiger partial charge in [0.1, 0.15) is 10.7 Å². The molecule has 0 aliphatic heterocycles. The lowest BCUT2D eigenvalue weighted by Crippen LogP contribution is -2.16. The Hall–Kier alpha value is -1.60. The fourth-order valence-electron chi connectivity index (χ4n) is 2.21. The van der Waals surface area contributed by atoms with Crippen LogP contribution in [0.3, 0.4) is 0 Å². The summed E-state index contributed by atoms with van der Waals surface area (Å²) in [5.41, 5.74) is -0.634. The molecule has 0 aliphatic rings. The number of aromatic nitrogens is 1. The van der Waals surface area contributed by atoms with E-state index in [1.807, 2.05) is 0 Å². The van der Waals surface area contributed by atoms with Gasteiger partial charge in [0.05, 0.1) is 15.4 Å². The number of sulfone groups is 1. The van der Waals surface area contributed by atoms with E-state index in [0.29, 0.717) is 0 Å². The van der Waals surface area contributed by atoms with Crippen LogP contribution in [0.1, 0.15) is 0 Å². The summed E-state index contributed by atoms with van der Waals surface area (Å²) in [7, 11) is -4.20. The zero-order valence-electron chi connectivity index (χ0n) is 11.6. The first-order valence-electron chi connectivity index (χ1n) is 6.42. The molecule has 0 amide bonds. The van der Waals surface area contributed by atoms with Crippen LogP contribution in [-0.4, -0.2) is 13.4 Å². The van der Waals surface area contributed by atoms with Crippen molar-refractivity contribution < 1.29 is 12.8 Å². The predicted molar refractivity (Wildman–Crippen MR) is 91.5 cm³/mol. The van der Waals surface area contributed by atoms with Gasteiger partial charge in [0.2, 0.25) is 15.3 Å². The van der Waals surface area contributed by atoms with Crippen LogP contribution in [0.5, 0.6) is 0 Å². The summed E-state index contributed by atoms with van der Waals surface area (Å²) in [6.45, 7) is 0. The Labute approximate surface area is 150 Å². The lowest BCUT2D eigenvalue weighted by molar-refractivity contribution is 0.595. The topological polar surface area (TPSA) is 67.0 Å². The van der Waals surface area contributed by atoms with Crippen molar-refractivity contribution in [3.63, 3.8) is 0 Å². The minimum atomic E-state index is -4.20. The maximum atomic E-state index is 13.6. The lowest BCUT2D eigenvalue weighted by Gasteiger charge is -2.07. The number of fused-ring (bicyclic) bond motifs is 1. The van der Waals surface area contributed by atoms with Crippen LogP contribution in [0, 0.1) is 5.82 Å². The van der Waals surface area contributed by atoms with Crippen LogP contribution < -0.4 is 5.43 Å². The van der Waals surface area contributed by atoms with Crippen molar-refractivity contribution in [2.45, 2.75) is 9.79 Å². The van der Waals surface area contributed by atoms with Gasteiger partial charge >= 0.3 is 0 Å². The van der Waals surface area contributed by atoms with Gasteiger partial charge in [0.15, 0.2) is 0 Å². The van der Waals surface area contributed by atoms with Gasteiger partial charge in [-0.1, -0.05) is 34.8 Å². The van der Waals surface area contributed by atoms with Gasteiger partial charge in [0, 0.05) is 21.6 Å². The van der Waals surface area contributed by atoms with Gasteiger partial charge in [-0.15, -0.1) is 0 Å². The second kappa shape index (κ2) is 6.04. The largest absolute Gasteiger partial charge is 0.360 e. The zero-order chi connectivity index (χ0) is 17.6. The Kier molecular flexibility index (Phi) is 4.34. The molecule has 4 nitrogen and oxygen atoms in total. The van der Waals surface area contributed by atoms with E-state index in [0.717, 1.165) is 12.3 Å². The molecule has 1 heterocycles. The highest BCUT2D eigenvalue weighted by molar-refractivity contribution is 7.91. The number of aromatic amines is 1. The Morgan fingerprint density at radius 2 is 1.58 bits per heavy atom. The molecule has 0 bridgehead atoms. The van der Waals surface area contributed by atoms with Crippen LogP contribution in [0.4, 0.5) is 4.39 Å². The van der Waals surface area contributed by atoms with Gasteiger partial charge in [-0.05, 0) is 30.3 Å².